The van der Waals surface area contributed by atoms with Gasteiger partial charge in [-0.1, -0.05) is 24.6 Å². The lowest BCUT2D eigenvalue weighted by Gasteiger charge is -2.13. The molecular formula is C23H27FO2. The van der Waals surface area contributed by atoms with Crippen LogP contribution in [0.3, 0.4) is 0 Å². The van der Waals surface area contributed by atoms with Gasteiger partial charge in [-0.25, -0.2) is 4.39 Å². The van der Waals surface area contributed by atoms with Crippen molar-refractivity contribution in [2.24, 2.45) is 0 Å². The molecule has 1 unspecified atom stereocenters. The third-order valence-electron chi connectivity index (χ3n) is 5.28. The molecule has 0 aromatic heterocycles. The van der Waals surface area contributed by atoms with Crippen molar-refractivity contribution in [2.45, 2.75) is 57.3 Å². The maximum absolute atomic E-state index is 12.9. The number of aryl methyl sites for hydroxylation is 2. The number of carbonyl (C=O) groups excluding carboxylic acids is 1. The van der Waals surface area contributed by atoms with Crippen LogP contribution in [0.5, 0.6) is 5.75 Å². The molecule has 3 heteroatoms. The number of halogens is 1. The summed E-state index contributed by atoms with van der Waals surface area (Å²) in [6.45, 7) is 0. The smallest absolute Gasteiger partial charge is 0.140 e. The molecule has 1 fully saturated rings. The van der Waals surface area contributed by atoms with Gasteiger partial charge in [0.1, 0.15) is 17.3 Å². The van der Waals surface area contributed by atoms with Crippen LogP contribution in [0.25, 0.3) is 0 Å². The molecule has 1 saturated carbocycles. The van der Waals surface area contributed by atoms with Gasteiger partial charge in [-0.15, -0.1) is 0 Å². The topological polar surface area (TPSA) is 26.3 Å². The average molecular weight is 354 g/mol. The van der Waals surface area contributed by atoms with Gasteiger partial charge < -0.3 is 4.74 Å². The van der Waals surface area contributed by atoms with Gasteiger partial charge in [0.25, 0.3) is 0 Å². The molecule has 0 N–H and O–H groups in total. The van der Waals surface area contributed by atoms with E-state index in [2.05, 4.69) is 12.1 Å². The number of benzene rings is 2. The quantitative estimate of drug-likeness (QED) is 0.575. The third kappa shape index (κ3) is 4.94. The van der Waals surface area contributed by atoms with Crippen LogP contribution in [-0.4, -0.2) is 12.9 Å². The van der Waals surface area contributed by atoms with E-state index in [9.17, 15) is 9.18 Å². The molecule has 2 nitrogen and oxygen atoms in total. The van der Waals surface area contributed by atoms with E-state index in [1.54, 1.807) is 7.11 Å². The Morgan fingerprint density at radius 1 is 1.00 bits per heavy atom. The van der Waals surface area contributed by atoms with E-state index < -0.39 is 0 Å². The van der Waals surface area contributed by atoms with Crippen LogP contribution in [0.1, 0.15) is 61.1 Å². The standard InChI is InChI=1S/C23H27FO2/c1-26-21-15-18(14-19(16-21)22-8-5-9-23(22)25)7-4-2-3-6-17-10-12-20(24)13-11-17/h10-16,22H,2-9H2,1H3. The van der Waals surface area contributed by atoms with Crippen molar-refractivity contribution in [2.75, 3.05) is 7.11 Å². The van der Waals surface area contributed by atoms with E-state index in [-0.39, 0.29) is 11.7 Å². The number of rotatable bonds is 8. The number of carbonyl (C=O) groups is 1. The number of methoxy groups -OCH3 is 1. The summed E-state index contributed by atoms with van der Waals surface area (Å²) in [5, 5.41) is 0. The SMILES string of the molecule is COc1cc(CCCCCc2ccc(F)cc2)cc(C2CCCC2=O)c1. The van der Waals surface area contributed by atoms with Crippen molar-refractivity contribution in [3.63, 3.8) is 0 Å². The first kappa shape index (κ1) is 18.6. The summed E-state index contributed by atoms with van der Waals surface area (Å²) in [6.07, 6.45) is 7.99. The fraction of sp³-hybridized carbons (Fsp3) is 0.435. The minimum atomic E-state index is -0.177. The van der Waals surface area contributed by atoms with Crippen molar-refractivity contribution in [1.82, 2.24) is 0 Å². The maximum Gasteiger partial charge on any atom is 0.140 e. The lowest BCUT2D eigenvalue weighted by atomic mass is 9.93. The number of Topliss-reactive ketones (excluding diaryl/α,β-unsaturated/α-hetero) is 1. The highest BCUT2D eigenvalue weighted by Gasteiger charge is 2.26. The third-order valence-corrected chi connectivity index (χ3v) is 5.28. The normalized spacial score (nSPS) is 16.8. The van der Waals surface area contributed by atoms with E-state index in [1.807, 2.05) is 18.2 Å². The van der Waals surface area contributed by atoms with Crippen LogP contribution in [0.4, 0.5) is 4.39 Å². The molecule has 0 spiro atoms. The predicted octanol–water partition coefficient (Wildman–Crippen LogP) is 5.63. The Balaban J connectivity index is 1.52. The molecule has 0 saturated heterocycles. The summed E-state index contributed by atoms with van der Waals surface area (Å²) >= 11 is 0. The van der Waals surface area contributed by atoms with E-state index in [4.69, 9.17) is 4.74 Å². The summed E-state index contributed by atoms with van der Waals surface area (Å²) < 4.78 is 18.4. The molecule has 3 rings (SSSR count). The molecule has 138 valence electrons. The zero-order valence-corrected chi connectivity index (χ0v) is 15.5. The highest BCUT2D eigenvalue weighted by molar-refractivity contribution is 5.87. The lowest BCUT2D eigenvalue weighted by Crippen LogP contribution is -2.05. The van der Waals surface area contributed by atoms with Crippen molar-refractivity contribution < 1.29 is 13.9 Å². The lowest BCUT2D eigenvalue weighted by molar-refractivity contribution is -0.118. The first-order valence-electron chi connectivity index (χ1n) is 9.61. The van der Waals surface area contributed by atoms with Gasteiger partial charge in [0.15, 0.2) is 0 Å². The van der Waals surface area contributed by atoms with Gasteiger partial charge in [-0.2, -0.15) is 0 Å². The number of unbranched alkanes of at least 4 members (excludes halogenated alkanes) is 2. The first-order valence-corrected chi connectivity index (χ1v) is 9.61. The molecule has 1 aliphatic rings. The molecule has 0 heterocycles. The molecule has 2 aromatic rings. The van der Waals surface area contributed by atoms with Crippen LogP contribution in [0, 0.1) is 5.82 Å². The van der Waals surface area contributed by atoms with Crippen LogP contribution >= 0.6 is 0 Å². The maximum atomic E-state index is 12.9. The fourth-order valence-corrected chi connectivity index (χ4v) is 3.80. The van der Waals surface area contributed by atoms with E-state index in [0.717, 1.165) is 56.3 Å². The Morgan fingerprint density at radius 2 is 1.73 bits per heavy atom. The Hall–Kier alpha value is -2.16. The summed E-state index contributed by atoms with van der Waals surface area (Å²) in [5.74, 6) is 1.10. The molecule has 0 aliphatic heterocycles. The van der Waals surface area contributed by atoms with E-state index >= 15 is 0 Å². The Labute approximate surface area is 155 Å². The summed E-state index contributed by atoms with van der Waals surface area (Å²) in [5.41, 5.74) is 3.56. The number of hydrogen-bond donors (Lipinski definition) is 0. The van der Waals surface area contributed by atoms with E-state index in [1.165, 1.54) is 23.3 Å². The van der Waals surface area contributed by atoms with Crippen LogP contribution in [-0.2, 0) is 17.6 Å². The summed E-state index contributed by atoms with van der Waals surface area (Å²) in [7, 11) is 1.68. The van der Waals surface area contributed by atoms with Gasteiger partial charge >= 0.3 is 0 Å². The Bertz CT molecular complexity index is 736. The fourth-order valence-electron chi connectivity index (χ4n) is 3.80. The first-order chi connectivity index (χ1) is 12.7. The van der Waals surface area contributed by atoms with Crippen LogP contribution in [0.2, 0.25) is 0 Å². The molecular weight excluding hydrogens is 327 g/mol. The summed E-state index contributed by atoms with van der Waals surface area (Å²) in [6, 6.07) is 13.1. The summed E-state index contributed by atoms with van der Waals surface area (Å²) in [4.78, 5) is 12.1. The molecule has 2 aromatic carbocycles. The van der Waals surface area contributed by atoms with Crippen molar-refractivity contribution in [3.05, 3.63) is 65.0 Å². The molecule has 0 radical (unpaired) electrons. The van der Waals surface area contributed by atoms with Gasteiger partial charge in [-0.3, -0.25) is 4.79 Å². The van der Waals surface area contributed by atoms with E-state index in [0.29, 0.717) is 12.2 Å². The Morgan fingerprint density at radius 3 is 2.38 bits per heavy atom. The highest BCUT2D eigenvalue weighted by Crippen LogP contribution is 2.34. The largest absolute Gasteiger partial charge is 0.497 e. The molecule has 1 aliphatic carbocycles. The van der Waals surface area contributed by atoms with Gasteiger partial charge in [0.2, 0.25) is 0 Å². The highest BCUT2D eigenvalue weighted by atomic mass is 19.1. The molecule has 0 bridgehead atoms. The van der Waals surface area contributed by atoms with Crippen molar-refractivity contribution in [1.29, 1.82) is 0 Å². The van der Waals surface area contributed by atoms with Crippen molar-refractivity contribution >= 4 is 5.78 Å². The van der Waals surface area contributed by atoms with Crippen LogP contribution in [0.15, 0.2) is 42.5 Å². The average Bonchev–Trinajstić information content (AvgIpc) is 3.08. The Kier molecular flexibility index (Phi) is 6.43. The second-order valence-corrected chi connectivity index (χ2v) is 7.21. The molecule has 0 amide bonds. The minimum Gasteiger partial charge on any atom is -0.497 e. The monoisotopic (exact) mass is 354 g/mol. The predicted molar refractivity (Wildman–Crippen MR) is 102 cm³/mol. The molecule has 26 heavy (non-hydrogen) atoms. The van der Waals surface area contributed by atoms with Crippen LogP contribution < -0.4 is 4.74 Å². The second kappa shape index (κ2) is 8.98. The van der Waals surface area contributed by atoms with Crippen molar-refractivity contribution in [3.8, 4) is 5.75 Å². The number of hydrogen-bond acceptors (Lipinski definition) is 2. The van der Waals surface area contributed by atoms with Gasteiger partial charge in [-0.05, 0) is 79.5 Å². The second-order valence-electron chi connectivity index (χ2n) is 7.21. The van der Waals surface area contributed by atoms with Gasteiger partial charge in [0, 0.05) is 12.3 Å². The van der Waals surface area contributed by atoms with Gasteiger partial charge in [0.05, 0.1) is 7.11 Å². The molecule has 1 atom stereocenters. The number of ether oxygens (including phenoxy) is 1. The number of ketones is 1. The zero-order chi connectivity index (χ0) is 18.4. The zero-order valence-electron chi connectivity index (χ0n) is 15.5. The minimum absolute atomic E-state index is 0.0577.